The van der Waals surface area contributed by atoms with Gasteiger partial charge in [0.2, 0.25) is 5.91 Å². The van der Waals surface area contributed by atoms with Crippen LogP contribution in [0.2, 0.25) is 0 Å². The summed E-state index contributed by atoms with van der Waals surface area (Å²) in [5.74, 6) is 0.188. The highest BCUT2D eigenvalue weighted by molar-refractivity contribution is 5.85. The Labute approximate surface area is 142 Å². The van der Waals surface area contributed by atoms with Gasteiger partial charge in [0, 0.05) is 44.6 Å². The lowest BCUT2D eigenvalue weighted by atomic mass is 9.90. The molecule has 6 nitrogen and oxygen atoms in total. The quantitative estimate of drug-likeness (QED) is 0.886. The summed E-state index contributed by atoms with van der Waals surface area (Å²) >= 11 is 0. The van der Waals surface area contributed by atoms with E-state index in [1.807, 2.05) is 38.5 Å². The molecular weight excluding hydrogens is 314 g/mol. The molecule has 3 heterocycles. The van der Waals surface area contributed by atoms with Crippen molar-refractivity contribution in [2.75, 3.05) is 13.1 Å². The number of rotatable bonds is 4. The fourth-order valence-electron chi connectivity index (χ4n) is 2.97. The molecule has 23 heavy (non-hydrogen) atoms. The van der Waals surface area contributed by atoms with Crippen LogP contribution in [-0.2, 0) is 11.8 Å². The van der Waals surface area contributed by atoms with Gasteiger partial charge in [-0.1, -0.05) is 6.07 Å². The van der Waals surface area contributed by atoms with Crippen molar-refractivity contribution < 1.29 is 4.79 Å². The topological polar surface area (TPSA) is 71.8 Å². The van der Waals surface area contributed by atoms with Crippen LogP contribution in [0.25, 0.3) is 0 Å². The highest BCUT2D eigenvalue weighted by Gasteiger charge is 2.35. The summed E-state index contributed by atoms with van der Waals surface area (Å²) < 4.78 is 1.78. The fraction of sp³-hybridized carbons (Fsp3) is 0.438. The zero-order valence-corrected chi connectivity index (χ0v) is 14.1. The smallest absolute Gasteiger partial charge is 0.225 e. The third kappa shape index (κ3) is 3.89. The molecule has 0 aromatic carbocycles. The molecule has 0 aliphatic carbocycles. The third-order valence-corrected chi connectivity index (χ3v) is 4.25. The Morgan fingerprint density at radius 3 is 2.91 bits per heavy atom. The Morgan fingerprint density at radius 1 is 1.43 bits per heavy atom. The van der Waals surface area contributed by atoms with Crippen molar-refractivity contribution in [2.24, 2.45) is 13.0 Å². The summed E-state index contributed by atoms with van der Waals surface area (Å²) in [7, 11) is 1.89. The van der Waals surface area contributed by atoms with Gasteiger partial charge in [-0.15, -0.1) is 12.4 Å². The van der Waals surface area contributed by atoms with Gasteiger partial charge < -0.3 is 10.6 Å². The number of nitrogens with one attached hydrogen (secondary N) is 2. The molecule has 0 spiro atoms. The van der Waals surface area contributed by atoms with Crippen molar-refractivity contribution in [1.82, 2.24) is 25.4 Å². The van der Waals surface area contributed by atoms with E-state index in [-0.39, 0.29) is 36.2 Å². The molecule has 7 heteroatoms. The first kappa shape index (κ1) is 17.4. The molecule has 124 valence electrons. The molecule has 2 aromatic rings. The fourth-order valence-corrected chi connectivity index (χ4v) is 2.97. The lowest BCUT2D eigenvalue weighted by Gasteiger charge is -2.20. The Morgan fingerprint density at radius 2 is 2.26 bits per heavy atom. The van der Waals surface area contributed by atoms with E-state index in [4.69, 9.17) is 0 Å². The lowest BCUT2D eigenvalue weighted by Crippen LogP contribution is -2.36. The van der Waals surface area contributed by atoms with E-state index in [9.17, 15) is 4.79 Å². The highest BCUT2D eigenvalue weighted by atomic mass is 35.5. The van der Waals surface area contributed by atoms with Gasteiger partial charge in [0.1, 0.15) is 0 Å². The summed E-state index contributed by atoms with van der Waals surface area (Å²) in [6, 6.07) is 3.81. The van der Waals surface area contributed by atoms with Crippen LogP contribution >= 0.6 is 12.4 Å². The van der Waals surface area contributed by atoms with Crippen LogP contribution in [0.3, 0.4) is 0 Å². The maximum Gasteiger partial charge on any atom is 0.225 e. The van der Waals surface area contributed by atoms with Gasteiger partial charge in [-0.25, -0.2) is 0 Å². The summed E-state index contributed by atoms with van der Waals surface area (Å²) in [6.07, 6.45) is 7.36. The molecule has 1 amide bonds. The van der Waals surface area contributed by atoms with Crippen molar-refractivity contribution in [3.63, 3.8) is 0 Å². The summed E-state index contributed by atoms with van der Waals surface area (Å²) in [5, 5.41) is 10.6. The van der Waals surface area contributed by atoms with E-state index in [1.54, 1.807) is 17.1 Å². The summed E-state index contributed by atoms with van der Waals surface area (Å²) in [5.41, 5.74) is 2.13. The Balaban J connectivity index is 0.00000192. The molecule has 3 atom stereocenters. The van der Waals surface area contributed by atoms with E-state index in [2.05, 4.69) is 20.7 Å². The molecule has 2 aromatic heterocycles. The molecule has 1 aliphatic rings. The van der Waals surface area contributed by atoms with Crippen LogP contribution in [0, 0.1) is 5.92 Å². The zero-order chi connectivity index (χ0) is 15.5. The van der Waals surface area contributed by atoms with Gasteiger partial charge in [0.05, 0.1) is 18.2 Å². The van der Waals surface area contributed by atoms with Crippen LogP contribution in [-0.4, -0.2) is 33.8 Å². The standard InChI is InChI=1S/C16H21N5O.ClH/c1-11(12-4-3-5-17-6-12)20-16(22)15-9-18-8-14(15)13-7-19-21(2)10-13;/h3-7,10-11,14-15,18H,8-9H2,1-2H3,(H,20,22);1H/t11?,14-,15+;/m1./s1. The van der Waals surface area contributed by atoms with Gasteiger partial charge in [-0.2, -0.15) is 5.10 Å². The molecule has 0 bridgehead atoms. The minimum atomic E-state index is -0.0664. The second-order valence-electron chi connectivity index (χ2n) is 5.84. The highest BCUT2D eigenvalue weighted by Crippen LogP contribution is 2.28. The number of hydrogen-bond donors (Lipinski definition) is 2. The molecule has 1 saturated heterocycles. The normalized spacial score (nSPS) is 21.5. The van der Waals surface area contributed by atoms with Crippen molar-refractivity contribution in [3.05, 3.63) is 48.0 Å². The molecule has 1 unspecified atom stereocenters. The van der Waals surface area contributed by atoms with Crippen molar-refractivity contribution in [1.29, 1.82) is 0 Å². The van der Waals surface area contributed by atoms with Crippen LogP contribution in [0.15, 0.2) is 36.9 Å². The molecule has 1 fully saturated rings. The number of amides is 1. The molecule has 1 aliphatic heterocycles. The number of hydrogen-bond acceptors (Lipinski definition) is 4. The van der Waals surface area contributed by atoms with Crippen molar-refractivity contribution >= 4 is 18.3 Å². The lowest BCUT2D eigenvalue weighted by molar-refractivity contribution is -0.125. The van der Waals surface area contributed by atoms with Gasteiger partial charge >= 0.3 is 0 Å². The Kier molecular flexibility index (Phi) is 5.74. The number of halogens is 1. The molecule has 2 N–H and O–H groups in total. The SMILES string of the molecule is CC(NC(=O)[C@H]1CNC[C@@H]1c1cnn(C)c1)c1cccnc1.Cl. The van der Waals surface area contributed by atoms with Gasteiger partial charge in [0.15, 0.2) is 0 Å². The average Bonchev–Trinajstić information content (AvgIpc) is 3.16. The molecule has 0 saturated carbocycles. The maximum atomic E-state index is 12.6. The predicted octanol–water partition coefficient (Wildman–Crippen LogP) is 1.42. The third-order valence-electron chi connectivity index (χ3n) is 4.25. The van der Waals surface area contributed by atoms with Crippen molar-refractivity contribution in [2.45, 2.75) is 18.9 Å². The molecule has 3 rings (SSSR count). The minimum Gasteiger partial charge on any atom is -0.349 e. The first-order valence-corrected chi connectivity index (χ1v) is 7.54. The van der Waals surface area contributed by atoms with Crippen LogP contribution in [0.5, 0.6) is 0 Å². The number of nitrogens with zero attached hydrogens (tertiary/aromatic N) is 3. The van der Waals surface area contributed by atoms with Gasteiger partial charge in [0.25, 0.3) is 0 Å². The number of pyridine rings is 1. The van der Waals surface area contributed by atoms with Crippen LogP contribution in [0.4, 0.5) is 0 Å². The van der Waals surface area contributed by atoms with E-state index in [1.165, 1.54) is 0 Å². The van der Waals surface area contributed by atoms with E-state index in [0.29, 0.717) is 6.54 Å². The largest absolute Gasteiger partial charge is 0.349 e. The Hall–Kier alpha value is -1.92. The predicted molar refractivity (Wildman–Crippen MR) is 90.4 cm³/mol. The Bertz CT molecular complexity index is 645. The van der Waals surface area contributed by atoms with E-state index >= 15 is 0 Å². The van der Waals surface area contributed by atoms with Crippen LogP contribution in [0.1, 0.15) is 30.0 Å². The molecular formula is C16H22ClN5O. The number of carbonyl (C=O) groups excluding carboxylic acids is 1. The second-order valence-corrected chi connectivity index (χ2v) is 5.84. The summed E-state index contributed by atoms with van der Waals surface area (Å²) in [4.78, 5) is 16.7. The molecule has 0 radical (unpaired) electrons. The van der Waals surface area contributed by atoms with Crippen molar-refractivity contribution in [3.8, 4) is 0 Å². The monoisotopic (exact) mass is 335 g/mol. The number of aromatic nitrogens is 3. The first-order chi connectivity index (χ1) is 10.6. The zero-order valence-electron chi connectivity index (χ0n) is 13.3. The first-order valence-electron chi connectivity index (χ1n) is 7.54. The van der Waals surface area contributed by atoms with Gasteiger partial charge in [-0.05, 0) is 24.1 Å². The number of carbonyl (C=O) groups is 1. The van der Waals surface area contributed by atoms with E-state index < -0.39 is 0 Å². The number of aryl methyl sites for hydroxylation is 1. The maximum absolute atomic E-state index is 12.6. The average molecular weight is 336 g/mol. The second kappa shape index (κ2) is 7.57. The summed E-state index contributed by atoms with van der Waals surface area (Å²) in [6.45, 7) is 3.49. The minimum absolute atomic E-state index is 0. The van der Waals surface area contributed by atoms with E-state index in [0.717, 1.165) is 17.7 Å². The van der Waals surface area contributed by atoms with Crippen LogP contribution < -0.4 is 10.6 Å². The van der Waals surface area contributed by atoms with Gasteiger partial charge in [-0.3, -0.25) is 14.5 Å².